The third-order valence-electron chi connectivity index (χ3n) is 3.82. The predicted molar refractivity (Wildman–Crippen MR) is 90.1 cm³/mol. The van der Waals surface area contributed by atoms with E-state index in [9.17, 15) is 9.59 Å². The number of amides is 1. The number of carboxylic acids is 1. The minimum absolute atomic E-state index is 0.107. The number of hydrogen-bond donors (Lipinski definition) is 1. The summed E-state index contributed by atoms with van der Waals surface area (Å²) in [5, 5.41) is 9.05. The highest BCUT2D eigenvalue weighted by Crippen LogP contribution is 2.28. The van der Waals surface area contributed by atoms with Crippen LogP contribution in [0.1, 0.15) is 27.4 Å². The monoisotopic (exact) mass is 347 g/mol. The maximum atomic E-state index is 12.4. The number of benzene rings is 1. The molecule has 25 heavy (non-hydrogen) atoms. The number of carboxylic acid groups (broad SMARTS) is 1. The van der Waals surface area contributed by atoms with Crippen LogP contribution < -0.4 is 9.47 Å². The lowest BCUT2D eigenvalue weighted by atomic mass is 10.1. The zero-order valence-corrected chi connectivity index (χ0v) is 14.7. The highest BCUT2D eigenvalue weighted by molar-refractivity contribution is 5.88. The Morgan fingerprint density at radius 3 is 2.40 bits per heavy atom. The first-order chi connectivity index (χ1) is 11.8. The Kier molecular flexibility index (Phi) is 5.69. The van der Waals surface area contributed by atoms with E-state index in [0.29, 0.717) is 23.0 Å². The van der Waals surface area contributed by atoms with Crippen LogP contribution in [0.2, 0.25) is 0 Å². The van der Waals surface area contributed by atoms with E-state index in [4.69, 9.17) is 19.0 Å². The second-order valence-corrected chi connectivity index (χ2v) is 5.60. The first-order valence-electron chi connectivity index (χ1n) is 7.63. The molecule has 1 aromatic heterocycles. The number of carbonyl (C=O) groups excluding carboxylic acids is 1. The molecule has 2 rings (SSSR count). The second-order valence-electron chi connectivity index (χ2n) is 5.60. The molecule has 0 aliphatic carbocycles. The largest absolute Gasteiger partial charge is 0.493 e. The molecule has 0 aliphatic rings. The van der Waals surface area contributed by atoms with Crippen molar-refractivity contribution in [2.24, 2.45) is 0 Å². The fourth-order valence-electron chi connectivity index (χ4n) is 2.46. The Morgan fingerprint density at radius 2 is 1.84 bits per heavy atom. The highest BCUT2D eigenvalue weighted by Gasteiger charge is 2.17. The Morgan fingerprint density at radius 1 is 1.16 bits per heavy atom. The molecule has 0 bridgehead atoms. The molecular formula is C18H21NO6. The van der Waals surface area contributed by atoms with Gasteiger partial charge in [0.2, 0.25) is 5.91 Å². The quantitative estimate of drug-likeness (QED) is 0.828. The molecule has 0 fully saturated rings. The fraction of sp³-hybridized carbons (Fsp3) is 0.333. The lowest BCUT2D eigenvalue weighted by molar-refractivity contribution is -0.129. The Labute approximate surface area is 145 Å². The number of aromatic carboxylic acids is 1. The summed E-state index contributed by atoms with van der Waals surface area (Å²) < 4.78 is 15.8. The molecule has 1 aromatic carbocycles. The molecule has 0 spiro atoms. The van der Waals surface area contributed by atoms with E-state index in [2.05, 4.69) is 0 Å². The molecule has 134 valence electrons. The molecule has 0 aliphatic heterocycles. The van der Waals surface area contributed by atoms with Crippen molar-refractivity contribution in [2.45, 2.75) is 19.9 Å². The molecular weight excluding hydrogens is 326 g/mol. The maximum absolute atomic E-state index is 12.4. The number of aryl methyl sites for hydroxylation is 1. The van der Waals surface area contributed by atoms with Gasteiger partial charge in [0.1, 0.15) is 17.1 Å². The molecule has 0 atom stereocenters. The minimum atomic E-state index is -1.05. The summed E-state index contributed by atoms with van der Waals surface area (Å²) in [6.45, 7) is 1.78. The second kappa shape index (κ2) is 7.74. The topological polar surface area (TPSA) is 89.2 Å². The number of nitrogens with zero attached hydrogens (tertiary/aromatic N) is 1. The lowest BCUT2D eigenvalue weighted by Crippen LogP contribution is -2.27. The van der Waals surface area contributed by atoms with E-state index in [1.165, 1.54) is 18.1 Å². The molecule has 0 radical (unpaired) electrons. The van der Waals surface area contributed by atoms with Gasteiger partial charge in [-0.25, -0.2) is 4.79 Å². The fourth-order valence-corrected chi connectivity index (χ4v) is 2.46. The number of hydrogen-bond acceptors (Lipinski definition) is 5. The molecule has 0 saturated carbocycles. The summed E-state index contributed by atoms with van der Waals surface area (Å²) in [4.78, 5) is 24.9. The van der Waals surface area contributed by atoms with Crippen molar-refractivity contribution in [1.29, 1.82) is 0 Å². The molecule has 7 heteroatoms. The van der Waals surface area contributed by atoms with E-state index in [1.807, 2.05) is 0 Å². The van der Waals surface area contributed by atoms with Crippen LogP contribution in [0.15, 0.2) is 28.7 Å². The molecule has 0 saturated heterocycles. The SMILES string of the molecule is COc1ccc(CC(=O)N(C)Cc2cc(C(=O)O)c(C)o2)cc1OC. The van der Waals surface area contributed by atoms with E-state index in [-0.39, 0.29) is 24.4 Å². The normalized spacial score (nSPS) is 10.4. The first-order valence-corrected chi connectivity index (χ1v) is 7.63. The summed E-state index contributed by atoms with van der Waals surface area (Å²) in [6.07, 6.45) is 0.183. The van der Waals surface area contributed by atoms with Gasteiger partial charge in [-0.3, -0.25) is 4.79 Å². The zero-order chi connectivity index (χ0) is 18.6. The van der Waals surface area contributed by atoms with E-state index < -0.39 is 5.97 Å². The molecule has 0 unspecified atom stereocenters. The third kappa shape index (κ3) is 4.32. The van der Waals surface area contributed by atoms with Crippen LogP contribution in [0.25, 0.3) is 0 Å². The number of rotatable bonds is 7. The van der Waals surface area contributed by atoms with Crippen molar-refractivity contribution < 1.29 is 28.6 Å². The Hall–Kier alpha value is -2.96. The first kappa shape index (κ1) is 18.4. The molecule has 1 heterocycles. The van der Waals surface area contributed by atoms with Crippen molar-refractivity contribution in [3.8, 4) is 11.5 Å². The van der Waals surface area contributed by atoms with Crippen molar-refractivity contribution in [3.63, 3.8) is 0 Å². The van der Waals surface area contributed by atoms with Gasteiger partial charge in [0.25, 0.3) is 0 Å². The maximum Gasteiger partial charge on any atom is 0.339 e. The van der Waals surface area contributed by atoms with Gasteiger partial charge in [0, 0.05) is 7.05 Å². The highest BCUT2D eigenvalue weighted by atomic mass is 16.5. The van der Waals surface area contributed by atoms with Crippen LogP contribution in [-0.2, 0) is 17.8 Å². The number of furan rings is 1. The van der Waals surface area contributed by atoms with Gasteiger partial charge < -0.3 is 23.9 Å². The van der Waals surface area contributed by atoms with Crippen LogP contribution in [0.3, 0.4) is 0 Å². The van der Waals surface area contributed by atoms with Gasteiger partial charge in [0.05, 0.1) is 27.2 Å². The summed E-state index contributed by atoms with van der Waals surface area (Å²) in [5.74, 6) is 0.730. The number of likely N-dealkylation sites (N-methyl/N-ethyl adjacent to an activating group) is 1. The summed E-state index contributed by atoms with van der Waals surface area (Å²) in [6, 6.07) is 6.74. The van der Waals surface area contributed by atoms with Crippen LogP contribution in [-0.4, -0.2) is 43.2 Å². The van der Waals surface area contributed by atoms with Gasteiger partial charge >= 0.3 is 5.97 Å². The van der Waals surface area contributed by atoms with Crippen molar-refractivity contribution in [2.75, 3.05) is 21.3 Å². The predicted octanol–water partition coefficient (Wildman–Crippen LogP) is 2.50. The van der Waals surface area contributed by atoms with Gasteiger partial charge in [-0.1, -0.05) is 6.07 Å². The van der Waals surface area contributed by atoms with Crippen LogP contribution in [0, 0.1) is 6.92 Å². The number of methoxy groups -OCH3 is 2. The average molecular weight is 347 g/mol. The summed E-state index contributed by atoms with van der Waals surface area (Å²) in [5.41, 5.74) is 0.895. The van der Waals surface area contributed by atoms with Gasteiger partial charge in [0.15, 0.2) is 11.5 Å². The summed E-state index contributed by atoms with van der Waals surface area (Å²) >= 11 is 0. The van der Waals surface area contributed by atoms with Crippen LogP contribution >= 0.6 is 0 Å². The van der Waals surface area contributed by atoms with Crippen molar-refractivity contribution >= 4 is 11.9 Å². The van der Waals surface area contributed by atoms with Crippen molar-refractivity contribution in [1.82, 2.24) is 4.90 Å². The van der Waals surface area contributed by atoms with Gasteiger partial charge in [-0.2, -0.15) is 0 Å². The summed E-state index contributed by atoms with van der Waals surface area (Å²) in [7, 11) is 4.73. The van der Waals surface area contributed by atoms with Crippen molar-refractivity contribution in [3.05, 3.63) is 46.9 Å². The minimum Gasteiger partial charge on any atom is -0.493 e. The molecule has 1 amide bonds. The average Bonchev–Trinajstić information content (AvgIpc) is 2.95. The van der Waals surface area contributed by atoms with E-state index in [1.54, 1.807) is 39.3 Å². The van der Waals surface area contributed by atoms with E-state index >= 15 is 0 Å². The van der Waals surface area contributed by atoms with Gasteiger partial charge in [-0.05, 0) is 30.7 Å². The Balaban J connectivity index is 2.05. The number of ether oxygens (including phenoxy) is 2. The van der Waals surface area contributed by atoms with Crippen LogP contribution in [0.4, 0.5) is 0 Å². The molecule has 7 nitrogen and oxygen atoms in total. The molecule has 1 N–H and O–H groups in total. The standard InChI is InChI=1S/C18H21NO6/c1-11-14(18(21)22)9-13(25-11)10-19(2)17(20)8-12-5-6-15(23-3)16(7-12)24-4/h5-7,9H,8,10H2,1-4H3,(H,21,22). The van der Waals surface area contributed by atoms with E-state index in [0.717, 1.165) is 5.56 Å². The van der Waals surface area contributed by atoms with Gasteiger partial charge in [-0.15, -0.1) is 0 Å². The Bertz CT molecular complexity index is 780. The zero-order valence-electron chi connectivity index (χ0n) is 14.7. The number of carbonyl (C=O) groups is 2. The van der Waals surface area contributed by atoms with Crippen LogP contribution in [0.5, 0.6) is 11.5 Å². The third-order valence-corrected chi connectivity index (χ3v) is 3.82. The molecule has 2 aromatic rings. The smallest absolute Gasteiger partial charge is 0.339 e. The lowest BCUT2D eigenvalue weighted by Gasteiger charge is -2.16.